The summed E-state index contributed by atoms with van der Waals surface area (Å²) in [6, 6.07) is 37.6. The van der Waals surface area contributed by atoms with Gasteiger partial charge in [0, 0.05) is 27.8 Å². The van der Waals surface area contributed by atoms with Gasteiger partial charge in [0.15, 0.2) is 14.3 Å². The first-order valence-corrected chi connectivity index (χ1v) is 15.9. The van der Waals surface area contributed by atoms with E-state index < -0.39 is 14.3 Å². The third-order valence-corrected chi connectivity index (χ3v) is 12.5. The zero-order valence-corrected chi connectivity index (χ0v) is 22.6. The molecule has 7 heteroatoms. The highest BCUT2D eigenvalue weighted by Crippen LogP contribution is 2.48. The summed E-state index contributed by atoms with van der Waals surface area (Å²) in [7, 11) is -4.98. The molecule has 0 aliphatic rings. The number of methoxy groups -OCH3 is 1. The van der Waals surface area contributed by atoms with Gasteiger partial charge >= 0.3 is 5.97 Å². The van der Waals surface area contributed by atoms with Gasteiger partial charge in [-0.2, -0.15) is 0 Å². The molecule has 5 nitrogen and oxygen atoms in total. The highest BCUT2D eigenvalue weighted by Gasteiger charge is 2.35. The topological polar surface area (TPSA) is 63.7 Å². The van der Waals surface area contributed by atoms with Crippen molar-refractivity contribution in [2.75, 3.05) is 26.2 Å². The van der Waals surface area contributed by atoms with E-state index in [4.69, 9.17) is 4.74 Å². The summed E-state index contributed by atoms with van der Waals surface area (Å²) < 4.78 is 34.6. The second-order valence-corrected chi connectivity index (χ2v) is 14.4. The number of nitrogens with zero attached hydrogens (tertiary/aromatic N) is 1. The van der Waals surface area contributed by atoms with Gasteiger partial charge in [-0.1, -0.05) is 121 Å². The quantitative estimate of drug-likeness (QED) is 0.206. The van der Waals surface area contributed by atoms with Crippen LogP contribution >= 0.6 is 14.3 Å². The van der Waals surface area contributed by atoms with Crippen molar-refractivity contribution >= 4 is 41.5 Å². The molecule has 0 amide bonds. The summed E-state index contributed by atoms with van der Waals surface area (Å²) in [6.45, 7) is 0.264. The molecule has 0 atom stereocenters. The molecular weight excluding hydrogens is 500 g/mol. The van der Waals surface area contributed by atoms with Gasteiger partial charge in [0.1, 0.15) is 0 Å². The van der Waals surface area contributed by atoms with Gasteiger partial charge in [-0.15, -0.1) is 0 Å². The van der Waals surface area contributed by atoms with Crippen molar-refractivity contribution in [2.45, 2.75) is 6.42 Å². The third-order valence-electron chi connectivity index (χ3n) is 6.35. The van der Waals surface area contributed by atoms with Crippen LogP contribution in [0.4, 0.5) is 0 Å². The molecule has 0 aromatic heterocycles. The minimum atomic E-state index is -3.17. The zero-order chi connectivity index (χ0) is 26.1. The summed E-state index contributed by atoms with van der Waals surface area (Å²) in [5, 5.41) is 2.88. The predicted octanol–water partition coefficient (Wildman–Crippen LogP) is 4.79. The fourth-order valence-corrected chi connectivity index (χ4v) is 10.0. The molecule has 0 unspecified atom stereocenters. The minimum absolute atomic E-state index is 0.101. The molecule has 0 aliphatic carbocycles. The summed E-state index contributed by atoms with van der Waals surface area (Å²) in [5.41, 5.74) is 0. The molecule has 0 saturated carbocycles. The second kappa shape index (κ2) is 12.3. The summed E-state index contributed by atoms with van der Waals surface area (Å²) in [5.74, 6) is -0.367. The first kappa shape index (κ1) is 26.8. The lowest BCUT2D eigenvalue weighted by Crippen LogP contribution is -2.36. The van der Waals surface area contributed by atoms with Crippen LogP contribution in [0.1, 0.15) is 6.42 Å². The van der Waals surface area contributed by atoms with Crippen LogP contribution in [-0.4, -0.2) is 37.1 Å². The van der Waals surface area contributed by atoms with Crippen LogP contribution in [0.5, 0.6) is 0 Å². The van der Waals surface area contributed by atoms with E-state index in [1.54, 1.807) is 0 Å². The molecule has 0 bridgehead atoms. The Bertz CT molecular complexity index is 1190. The molecular formula is C30H31NO4P2. The molecule has 4 aromatic rings. The zero-order valence-electron chi connectivity index (χ0n) is 20.9. The van der Waals surface area contributed by atoms with Gasteiger partial charge in [0.2, 0.25) is 0 Å². The van der Waals surface area contributed by atoms with Crippen molar-refractivity contribution in [2.24, 2.45) is 0 Å². The maximum atomic E-state index is 14.9. The van der Waals surface area contributed by atoms with Crippen molar-refractivity contribution in [3.63, 3.8) is 0 Å². The molecule has 0 radical (unpaired) electrons. The Morgan fingerprint density at radius 1 is 0.595 bits per heavy atom. The maximum absolute atomic E-state index is 14.9. The number of rotatable bonds is 11. The Morgan fingerprint density at radius 2 is 0.892 bits per heavy atom. The summed E-state index contributed by atoms with van der Waals surface area (Å²) in [4.78, 5) is 14.1. The van der Waals surface area contributed by atoms with Crippen LogP contribution in [0, 0.1) is 0 Å². The summed E-state index contributed by atoms with van der Waals surface area (Å²) >= 11 is 0. The minimum Gasteiger partial charge on any atom is -0.469 e. The molecule has 190 valence electrons. The molecule has 4 rings (SSSR count). The second-order valence-electron chi connectivity index (χ2n) is 8.83. The Hall–Kier alpha value is -3.23. The molecule has 0 saturated heterocycles. The van der Waals surface area contributed by atoms with Crippen molar-refractivity contribution in [3.05, 3.63) is 121 Å². The van der Waals surface area contributed by atoms with Gasteiger partial charge in [0.25, 0.3) is 0 Å². The van der Waals surface area contributed by atoms with E-state index in [0.717, 1.165) is 21.2 Å². The molecule has 0 heterocycles. The lowest BCUT2D eigenvalue weighted by atomic mass is 10.4. The number of esters is 1. The summed E-state index contributed by atoms with van der Waals surface area (Å²) in [6.07, 6.45) is 0.382. The van der Waals surface area contributed by atoms with E-state index in [0.29, 0.717) is 0 Å². The van der Waals surface area contributed by atoms with Crippen molar-refractivity contribution < 1.29 is 18.7 Å². The molecule has 0 fully saturated rings. The van der Waals surface area contributed by atoms with Crippen LogP contribution in [-0.2, 0) is 18.7 Å². The van der Waals surface area contributed by atoms with E-state index in [2.05, 4.69) is 0 Å². The molecule has 37 heavy (non-hydrogen) atoms. The van der Waals surface area contributed by atoms with Gasteiger partial charge in [-0.3, -0.25) is 9.69 Å². The van der Waals surface area contributed by atoms with Crippen LogP contribution in [0.2, 0.25) is 0 Å². The Morgan fingerprint density at radius 3 is 1.16 bits per heavy atom. The smallest absolute Gasteiger partial charge is 0.306 e. The van der Waals surface area contributed by atoms with Crippen molar-refractivity contribution in [1.29, 1.82) is 0 Å². The number of carbonyl (C=O) groups excluding carboxylic acids is 1. The molecule has 0 spiro atoms. The SMILES string of the molecule is COC(=O)CCN(CP(=O)(c1ccccc1)c1ccccc1)CP(=O)(c1ccccc1)c1ccccc1. The number of ether oxygens (including phenoxy) is 1. The van der Waals surface area contributed by atoms with E-state index in [1.807, 2.05) is 126 Å². The highest BCUT2D eigenvalue weighted by atomic mass is 31.2. The molecule has 4 aromatic carbocycles. The van der Waals surface area contributed by atoms with E-state index in [9.17, 15) is 13.9 Å². The third kappa shape index (κ3) is 6.37. The monoisotopic (exact) mass is 531 g/mol. The molecule has 0 N–H and O–H groups in total. The van der Waals surface area contributed by atoms with Gasteiger partial charge < -0.3 is 13.9 Å². The fourth-order valence-electron chi connectivity index (χ4n) is 4.40. The average molecular weight is 532 g/mol. The Labute approximate surface area is 218 Å². The Kier molecular flexibility index (Phi) is 8.95. The first-order valence-electron chi connectivity index (χ1n) is 12.2. The number of benzene rings is 4. The fraction of sp³-hybridized carbons (Fsp3) is 0.167. The lowest BCUT2D eigenvalue weighted by Gasteiger charge is -2.32. The van der Waals surface area contributed by atoms with Gasteiger partial charge in [-0.05, 0) is 0 Å². The standard InChI is InChI=1S/C30H31NO4P2/c1-35-30(32)22-23-31(24-36(33,26-14-6-2-7-15-26)27-16-8-3-9-17-27)25-37(34,28-18-10-4-11-19-28)29-20-12-5-13-21-29/h2-21H,22-25H2,1H3. The van der Waals surface area contributed by atoms with Crippen molar-refractivity contribution in [1.82, 2.24) is 4.90 Å². The Balaban J connectivity index is 1.79. The van der Waals surface area contributed by atoms with E-state index in [-0.39, 0.29) is 31.5 Å². The maximum Gasteiger partial charge on any atom is 0.306 e. The number of hydrogen-bond donors (Lipinski definition) is 0. The van der Waals surface area contributed by atoms with E-state index >= 15 is 0 Å². The van der Waals surface area contributed by atoms with Crippen molar-refractivity contribution in [3.8, 4) is 0 Å². The first-order chi connectivity index (χ1) is 18.0. The van der Waals surface area contributed by atoms with Gasteiger partial charge in [0.05, 0.1) is 26.1 Å². The largest absolute Gasteiger partial charge is 0.469 e. The normalized spacial score (nSPS) is 11.8. The predicted molar refractivity (Wildman–Crippen MR) is 153 cm³/mol. The lowest BCUT2D eigenvalue weighted by molar-refractivity contribution is -0.140. The average Bonchev–Trinajstić information content (AvgIpc) is 2.97. The van der Waals surface area contributed by atoms with Crippen LogP contribution < -0.4 is 21.2 Å². The van der Waals surface area contributed by atoms with Crippen LogP contribution in [0.25, 0.3) is 0 Å². The van der Waals surface area contributed by atoms with Crippen LogP contribution in [0.15, 0.2) is 121 Å². The van der Waals surface area contributed by atoms with E-state index in [1.165, 1.54) is 7.11 Å². The number of carbonyl (C=O) groups is 1. The molecule has 0 aliphatic heterocycles. The number of hydrogen-bond acceptors (Lipinski definition) is 5. The van der Waals surface area contributed by atoms with Gasteiger partial charge in [-0.25, -0.2) is 0 Å². The van der Waals surface area contributed by atoms with Crippen LogP contribution in [0.3, 0.4) is 0 Å². The highest BCUT2D eigenvalue weighted by molar-refractivity contribution is 7.79.